The summed E-state index contributed by atoms with van der Waals surface area (Å²) in [7, 11) is 0. The molecule has 0 N–H and O–H groups in total. The molecule has 32 heavy (non-hydrogen) atoms. The number of fused-ring (bicyclic) bond motifs is 1. The number of hydrogen-bond donors (Lipinski definition) is 0. The zero-order valence-corrected chi connectivity index (χ0v) is 18.9. The van der Waals surface area contributed by atoms with Crippen molar-refractivity contribution in [2.45, 2.75) is 26.9 Å². The Hall–Kier alpha value is -3.04. The first kappa shape index (κ1) is 20.8. The second kappa shape index (κ2) is 8.48. The number of aromatic nitrogens is 3. The summed E-state index contributed by atoms with van der Waals surface area (Å²) in [5, 5.41) is 9.68. The standard InChI is InChI=1S/C23H24FN5O2S/c1-15-11-19(26-31-15)14-27-7-9-28(10-8-27)22(30)21-12-20-16(2)25-29(23(20)32-21)13-17-3-5-18(24)6-4-17/h3-6,11-12H,7-10,13-14H2,1-2H3. The lowest BCUT2D eigenvalue weighted by Crippen LogP contribution is -2.48. The van der Waals surface area contributed by atoms with Gasteiger partial charge in [0.1, 0.15) is 16.4 Å². The molecule has 4 aromatic rings. The molecule has 1 fully saturated rings. The largest absolute Gasteiger partial charge is 0.361 e. The third-order valence-corrected chi connectivity index (χ3v) is 6.92. The Labute approximate surface area is 189 Å². The molecule has 0 atom stereocenters. The second-order valence-electron chi connectivity index (χ2n) is 8.20. The smallest absolute Gasteiger partial charge is 0.264 e. The van der Waals surface area contributed by atoms with Crippen LogP contribution in [0.1, 0.15) is 32.4 Å². The molecule has 166 valence electrons. The topological polar surface area (TPSA) is 67.4 Å². The molecular formula is C23H24FN5O2S. The third kappa shape index (κ3) is 4.18. The van der Waals surface area contributed by atoms with E-state index in [4.69, 9.17) is 4.52 Å². The summed E-state index contributed by atoms with van der Waals surface area (Å²) in [4.78, 5) is 19.1. The Kier molecular flexibility index (Phi) is 5.52. The second-order valence-corrected chi connectivity index (χ2v) is 9.23. The van der Waals surface area contributed by atoms with Crippen molar-refractivity contribution in [2.24, 2.45) is 0 Å². The molecule has 0 spiro atoms. The van der Waals surface area contributed by atoms with Gasteiger partial charge in [-0.1, -0.05) is 17.3 Å². The van der Waals surface area contributed by atoms with Crippen LogP contribution >= 0.6 is 11.3 Å². The first-order chi connectivity index (χ1) is 15.5. The number of piperazine rings is 1. The first-order valence-electron chi connectivity index (χ1n) is 10.6. The zero-order chi connectivity index (χ0) is 22.2. The van der Waals surface area contributed by atoms with Crippen LogP contribution in [0, 0.1) is 19.7 Å². The summed E-state index contributed by atoms with van der Waals surface area (Å²) in [5.74, 6) is 0.624. The molecule has 0 bridgehead atoms. The Morgan fingerprint density at radius 2 is 1.84 bits per heavy atom. The molecule has 7 nitrogen and oxygen atoms in total. The molecule has 0 radical (unpaired) electrons. The SMILES string of the molecule is Cc1cc(CN2CCN(C(=O)c3cc4c(C)nn(Cc5ccc(F)cc5)c4s3)CC2)no1. The predicted molar refractivity (Wildman–Crippen MR) is 120 cm³/mol. The van der Waals surface area contributed by atoms with E-state index in [2.05, 4.69) is 15.2 Å². The van der Waals surface area contributed by atoms with E-state index >= 15 is 0 Å². The first-order valence-corrected chi connectivity index (χ1v) is 11.4. The monoisotopic (exact) mass is 453 g/mol. The molecular weight excluding hydrogens is 429 g/mol. The van der Waals surface area contributed by atoms with Gasteiger partial charge in [-0.3, -0.25) is 14.4 Å². The summed E-state index contributed by atoms with van der Waals surface area (Å²) in [6.07, 6.45) is 0. The average molecular weight is 454 g/mol. The highest BCUT2D eigenvalue weighted by Gasteiger charge is 2.25. The van der Waals surface area contributed by atoms with E-state index < -0.39 is 0 Å². The molecule has 0 saturated carbocycles. The minimum absolute atomic E-state index is 0.0656. The van der Waals surface area contributed by atoms with Gasteiger partial charge in [0.25, 0.3) is 5.91 Å². The average Bonchev–Trinajstić information content (AvgIpc) is 3.47. The summed E-state index contributed by atoms with van der Waals surface area (Å²) < 4.78 is 20.3. The molecule has 0 unspecified atom stereocenters. The lowest BCUT2D eigenvalue weighted by atomic mass is 10.2. The number of carbonyl (C=O) groups excluding carboxylic acids is 1. The van der Waals surface area contributed by atoms with Crippen LogP contribution in [0.2, 0.25) is 0 Å². The van der Waals surface area contributed by atoms with Crippen LogP contribution in [-0.4, -0.2) is 56.8 Å². The van der Waals surface area contributed by atoms with Gasteiger partial charge in [0.05, 0.1) is 22.8 Å². The van der Waals surface area contributed by atoms with Gasteiger partial charge in [-0.05, 0) is 37.6 Å². The Bertz CT molecular complexity index is 1250. The van der Waals surface area contributed by atoms with Crippen LogP contribution in [0.3, 0.4) is 0 Å². The maximum absolute atomic E-state index is 13.2. The molecule has 1 aromatic carbocycles. The van der Waals surface area contributed by atoms with Gasteiger partial charge in [0.15, 0.2) is 0 Å². The van der Waals surface area contributed by atoms with Crippen LogP contribution in [0.25, 0.3) is 10.2 Å². The number of amides is 1. The van der Waals surface area contributed by atoms with E-state index in [1.807, 2.05) is 35.6 Å². The number of carbonyl (C=O) groups is 1. The molecule has 0 aliphatic carbocycles. The fraction of sp³-hybridized carbons (Fsp3) is 0.348. The summed E-state index contributed by atoms with van der Waals surface area (Å²) >= 11 is 1.47. The number of aryl methyl sites for hydroxylation is 2. The maximum atomic E-state index is 13.2. The summed E-state index contributed by atoms with van der Waals surface area (Å²) in [5.41, 5.74) is 2.79. The van der Waals surface area contributed by atoms with E-state index in [9.17, 15) is 9.18 Å². The van der Waals surface area contributed by atoms with E-state index in [1.54, 1.807) is 12.1 Å². The fourth-order valence-corrected chi connectivity index (χ4v) is 5.20. The Balaban J connectivity index is 1.27. The predicted octanol–water partition coefficient (Wildman–Crippen LogP) is 3.85. The molecule has 5 rings (SSSR count). The number of thiophene rings is 1. The van der Waals surface area contributed by atoms with Crippen LogP contribution in [0.5, 0.6) is 0 Å². The quantitative estimate of drug-likeness (QED) is 0.459. The van der Waals surface area contributed by atoms with Gasteiger partial charge in [-0.2, -0.15) is 5.10 Å². The summed E-state index contributed by atoms with van der Waals surface area (Å²) in [6.45, 7) is 8.10. The van der Waals surface area contributed by atoms with Gasteiger partial charge >= 0.3 is 0 Å². The Morgan fingerprint density at radius 1 is 1.09 bits per heavy atom. The van der Waals surface area contributed by atoms with Crippen LogP contribution in [0.4, 0.5) is 4.39 Å². The zero-order valence-electron chi connectivity index (χ0n) is 18.0. The normalized spacial score (nSPS) is 15.0. The van der Waals surface area contributed by atoms with Crippen LogP contribution in [0.15, 0.2) is 40.9 Å². The number of rotatable bonds is 5. The maximum Gasteiger partial charge on any atom is 0.264 e. The number of nitrogens with zero attached hydrogens (tertiary/aromatic N) is 5. The van der Waals surface area contributed by atoms with Crippen molar-refractivity contribution in [3.05, 3.63) is 69.8 Å². The van der Waals surface area contributed by atoms with Crippen molar-refractivity contribution in [2.75, 3.05) is 26.2 Å². The third-order valence-electron chi connectivity index (χ3n) is 5.79. The van der Waals surface area contributed by atoms with E-state index in [0.717, 1.165) is 57.4 Å². The van der Waals surface area contributed by atoms with Gasteiger partial charge in [-0.15, -0.1) is 11.3 Å². The van der Waals surface area contributed by atoms with Gasteiger partial charge < -0.3 is 9.42 Å². The van der Waals surface area contributed by atoms with Crippen molar-refractivity contribution < 1.29 is 13.7 Å². The van der Waals surface area contributed by atoms with Crippen molar-refractivity contribution >= 4 is 27.5 Å². The van der Waals surface area contributed by atoms with Gasteiger partial charge in [0.2, 0.25) is 0 Å². The van der Waals surface area contributed by atoms with Gasteiger partial charge in [0, 0.05) is 44.2 Å². The summed E-state index contributed by atoms with van der Waals surface area (Å²) in [6, 6.07) is 10.3. The van der Waals surface area contributed by atoms with Crippen molar-refractivity contribution in [1.29, 1.82) is 0 Å². The number of benzene rings is 1. The lowest BCUT2D eigenvalue weighted by Gasteiger charge is -2.34. The molecule has 1 aliphatic heterocycles. The van der Waals surface area contributed by atoms with E-state index in [1.165, 1.54) is 23.5 Å². The van der Waals surface area contributed by atoms with Crippen molar-refractivity contribution in [1.82, 2.24) is 24.7 Å². The fourth-order valence-electron chi connectivity index (χ4n) is 4.07. The minimum atomic E-state index is -0.254. The molecule has 1 aliphatic rings. The highest BCUT2D eigenvalue weighted by Crippen LogP contribution is 2.30. The number of halogens is 1. The van der Waals surface area contributed by atoms with Crippen LogP contribution in [-0.2, 0) is 13.1 Å². The molecule has 9 heteroatoms. The van der Waals surface area contributed by atoms with Gasteiger partial charge in [-0.25, -0.2) is 4.39 Å². The molecule has 3 aromatic heterocycles. The highest BCUT2D eigenvalue weighted by molar-refractivity contribution is 7.20. The molecule has 4 heterocycles. The minimum Gasteiger partial charge on any atom is -0.361 e. The number of hydrogen-bond acceptors (Lipinski definition) is 6. The lowest BCUT2D eigenvalue weighted by molar-refractivity contribution is 0.0630. The van der Waals surface area contributed by atoms with Crippen molar-refractivity contribution in [3.63, 3.8) is 0 Å². The highest BCUT2D eigenvalue weighted by atomic mass is 32.1. The molecule has 1 amide bonds. The van der Waals surface area contributed by atoms with E-state index in [-0.39, 0.29) is 11.7 Å². The Morgan fingerprint density at radius 3 is 2.53 bits per heavy atom. The molecule has 1 saturated heterocycles. The van der Waals surface area contributed by atoms with E-state index in [0.29, 0.717) is 19.6 Å². The van der Waals surface area contributed by atoms with Crippen LogP contribution < -0.4 is 0 Å². The van der Waals surface area contributed by atoms with Crippen molar-refractivity contribution in [3.8, 4) is 0 Å².